The van der Waals surface area contributed by atoms with Crippen LogP contribution in [0.2, 0.25) is 0 Å². The third-order valence-corrected chi connectivity index (χ3v) is 5.55. The maximum absolute atomic E-state index is 12.7. The van der Waals surface area contributed by atoms with Gasteiger partial charge in [0.2, 0.25) is 11.8 Å². The Morgan fingerprint density at radius 2 is 1.74 bits per heavy atom. The fourth-order valence-corrected chi connectivity index (χ4v) is 3.92. The number of hydrogen-bond acceptors (Lipinski definition) is 5. The van der Waals surface area contributed by atoms with Crippen molar-refractivity contribution in [2.75, 3.05) is 13.7 Å². The smallest absolute Gasteiger partial charge is 0.328 e. The van der Waals surface area contributed by atoms with E-state index in [2.05, 4.69) is 16.0 Å². The topological polar surface area (TPSA) is 114 Å². The van der Waals surface area contributed by atoms with Gasteiger partial charge in [0.05, 0.1) is 19.7 Å². The van der Waals surface area contributed by atoms with Crippen molar-refractivity contribution in [3.63, 3.8) is 0 Å². The fraction of sp³-hybridized carbons (Fsp3) is 0.308. The van der Waals surface area contributed by atoms with Crippen molar-refractivity contribution in [1.82, 2.24) is 16.0 Å². The van der Waals surface area contributed by atoms with Crippen LogP contribution in [0.15, 0.2) is 60.7 Å². The van der Waals surface area contributed by atoms with Crippen LogP contribution in [0.5, 0.6) is 0 Å². The van der Waals surface area contributed by atoms with Crippen LogP contribution in [-0.4, -0.2) is 49.4 Å². The van der Waals surface area contributed by atoms with Gasteiger partial charge in [0.1, 0.15) is 6.04 Å². The molecule has 34 heavy (non-hydrogen) atoms. The summed E-state index contributed by atoms with van der Waals surface area (Å²) in [5.41, 5.74) is 2.78. The van der Waals surface area contributed by atoms with Crippen LogP contribution >= 0.6 is 0 Å². The minimum Gasteiger partial charge on any atom is -0.467 e. The molecule has 0 fully saturated rings. The molecule has 178 valence electrons. The lowest BCUT2D eigenvalue weighted by Gasteiger charge is -2.28. The number of carbonyl (C=O) groups is 4. The van der Waals surface area contributed by atoms with Gasteiger partial charge < -0.3 is 20.7 Å². The van der Waals surface area contributed by atoms with Crippen LogP contribution in [-0.2, 0) is 25.5 Å². The summed E-state index contributed by atoms with van der Waals surface area (Å²) >= 11 is 0. The summed E-state index contributed by atoms with van der Waals surface area (Å²) < 4.78 is 4.80. The summed E-state index contributed by atoms with van der Waals surface area (Å²) in [7, 11) is 1.26. The van der Waals surface area contributed by atoms with E-state index < -0.39 is 23.8 Å². The Labute approximate surface area is 198 Å². The van der Waals surface area contributed by atoms with Crippen molar-refractivity contribution in [2.24, 2.45) is 0 Å². The Morgan fingerprint density at radius 1 is 1.06 bits per heavy atom. The first-order valence-electron chi connectivity index (χ1n) is 11.2. The molecule has 8 heteroatoms. The van der Waals surface area contributed by atoms with Gasteiger partial charge in [-0.1, -0.05) is 61.9 Å². The molecule has 0 bridgehead atoms. The third-order valence-electron chi connectivity index (χ3n) is 5.55. The number of fused-ring (bicyclic) bond motifs is 1. The average molecular weight is 464 g/mol. The van der Waals surface area contributed by atoms with Crippen molar-refractivity contribution in [1.29, 1.82) is 0 Å². The highest BCUT2D eigenvalue weighted by Gasteiger charge is 2.28. The number of esters is 1. The van der Waals surface area contributed by atoms with E-state index in [1.807, 2.05) is 49.4 Å². The van der Waals surface area contributed by atoms with E-state index >= 15 is 0 Å². The zero-order valence-electron chi connectivity index (χ0n) is 19.3. The standard InChI is InChI=1S/C26H29N3O5/c1-3-9-21-20(18-12-7-8-13-19(18)25(32)29-21)15-23(30)27-16-24(31)28-22(26(33)34-2)14-17-10-5-4-6-11-17/h4-8,10-13,15,21-22H,3,9,14,16H2,1-2H3,(H,27,30)(H,28,31)(H,29,32)/b20-15-/t21-,22?/m0/s1. The number of ether oxygens (including phenoxy) is 1. The van der Waals surface area contributed by atoms with E-state index in [0.717, 1.165) is 12.0 Å². The third kappa shape index (κ3) is 6.31. The van der Waals surface area contributed by atoms with Crippen LogP contribution in [0.1, 0.15) is 41.3 Å². The zero-order chi connectivity index (χ0) is 24.5. The normalized spacial score (nSPS) is 16.7. The van der Waals surface area contributed by atoms with Crippen LogP contribution < -0.4 is 16.0 Å². The van der Waals surface area contributed by atoms with E-state index in [-0.39, 0.29) is 24.9 Å². The van der Waals surface area contributed by atoms with Crippen molar-refractivity contribution in [3.8, 4) is 0 Å². The predicted octanol–water partition coefficient (Wildman–Crippen LogP) is 2.00. The molecule has 1 aliphatic rings. The van der Waals surface area contributed by atoms with Crippen LogP contribution in [0, 0.1) is 0 Å². The highest BCUT2D eigenvalue weighted by molar-refractivity contribution is 6.07. The molecule has 1 unspecified atom stereocenters. The van der Waals surface area contributed by atoms with Gasteiger partial charge in [-0.25, -0.2) is 4.79 Å². The molecule has 2 aromatic carbocycles. The lowest BCUT2D eigenvalue weighted by molar-refractivity contribution is -0.144. The zero-order valence-corrected chi connectivity index (χ0v) is 19.3. The van der Waals surface area contributed by atoms with Crippen molar-refractivity contribution < 1.29 is 23.9 Å². The van der Waals surface area contributed by atoms with Gasteiger partial charge >= 0.3 is 5.97 Å². The molecule has 3 rings (SSSR count). The SMILES string of the molecule is CCC[C@@H]1NC(=O)c2ccccc2/C1=C/C(=O)NCC(=O)NC(Cc1ccccc1)C(=O)OC. The molecule has 1 heterocycles. The van der Waals surface area contributed by atoms with Crippen LogP contribution in [0.25, 0.3) is 5.57 Å². The molecule has 0 saturated heterocycles. The van der Waals surface area contributed by atoms with E-state index in [1.54, 1.807) is 12.1 Å². The second kappa shape index (κ2) is 11.8. The largest absolute Gasteiger partial charge is 0.467 e. The molecular formula is C26H29N3O5. The first-order chi connectivity index (χ1) is 16.4. The van der Waals surface area contributed by atoms with Crippen molar-refractivity contribution in [3.05, 3.63) is 77.4 Å². The van der Waals surface area contributed by atoms with Crippen molar-refractivity contribution >= 4 is 29.3 Å². The van der Waals surface area contributed by atoms with Gasteiger partial charge in [0.15, 0.2) is 0 Å². The number of hydrogen-bond donors (Lipinski definition) is 3. The van der Waals surface area contributed by atoms with Gasteiger partial charge in [0, 0.05) is 18.1 Å². The molecule has 0 aromatic heterocycles. The second-order valence-corrected chi connectivity index (χ2v) is 8.01. The number of nitrogens with one attached hydrogen (secondary N) is 3. The van der Waals surface area contributed by atoms with Gasteiger partial charge in [-0.3, -0.25) is 14.4 Å². The lowest BCUT2D eigenvalue weighted by atomic mass is 9.87. The Morgan fingerprint density at radius 3 is 2.41 bits per heavy atom. The first kappa shape index (κ1) is 24.7. The molecule has 2 aromatic rings. The maximum atomic E-state index is 12.7. The Bertz CT molecular complexity index is 1080. The molecule has 8 nitrogen and oxygen atoms in total. The highest BCUT2D eigenvalue weighted by Crippen LogP contribution is 2.29. The van der Waals surface area contributed by atoms with Crippen LogP contribution in [0.3, 0.4) is 0 Å². The molecule has 2 atom stereocenters. The Balaban J connectivity index is 1.66. The van der Waals surface area contributed by atoms with Gasteiger partial charge in [-0.05, 0) is 29.2 Å². The minimum absolute atomic E-state index is 0.168. The molecule has 3 amide bonds. The summed E-state index contributed by atoms with van der Waals surface area (Å²) in [5, 5.41) is 8.13. The maximum Gasteiger partial charge on any atom is 0.328 e. The predicted molar refractivity (Wildman–Crippen MR) is 128 cm³/mol. The molecule has 0 aliphatic carbocycles. The molecule has 0 radical (unpaired) electrons. The molecular weight excluding hydrogens is 434 g/mol. The van der Waals surface area contributed by atoms with Crippen molar-refractivity contribution in [2.45, 2.75) is 38.3 Å². The number of carbonyl (C=O) groups excluding carboxylic acids is 4. The summed E-state index contributed by atoms with van der Waals surface area (Å²) in [6.45, 7) is 1.69. The highest BCUT2D eigenvalue weighted by atomic mass is 16.5. The lowest BCUT2D eigenvalue weighted by Crippen LogP contribution is -2.47. The van der Waals surface area contributed by atoms with Gasteiger partial charge in [-0.2, -0.15) is 0 Å². The summed E-state index contributed by atoms with van der Waals surface area (Å²) in [6.07, 6.45) is 3.20. The van der Waals surface area contributed by atoms with Crippen LogP contribution in [0.4, 0.5) is 0 Å². The number of methoxy groups -OCH3 is 1. The monoisotopic (exact) mass is 463 g/mol. The quantitative estimate of drug-likeness (QED) is 0.389. The summed E-state index contributed by atoms with van der Waals surface area (Å²) in [4.78, 5) is 49.6. The Kier molecular flexibility index (Phi) is 8.56. The molecule has 1 aliphatic heterocycles. The average Bonchev–Trinajstić information content (AvgIpc) is 2.85. The fourth-order valence-electron chi connectivity index (χ4n) is 3.92. The second-order valence-electron chi connectivity index (χ2n) is 8.01. The van der Waals surface area contributed by atoms with Gasteiger partial charge in [-0.15, -0.1) is 0 Å². The summed E-state index contributed by atoms with van der Waals surface area (Å²) in [6, 6.07) is 15.2. The van der Waals surface area contributed by atoms with Gasteiger partial charge in [0.25, 0.3) is 5.91 Å². The molecule has 0 saturated carbocycles. The number of amides is 3. The van der Waals surface area contributed by atoms with E-state index in [1.165, 1.54) is 13.2 Å². The summed E-state index contributed by atoms with van der Waals surface area (Å²) in [5.74, 6) is -1.71. The first-order valence-corrected chi connectivity index (χ1v) is 11.2. The molecule has 0 spiro atoms. The minimum atomic E-state index is -0.871. The molecule has 3 N–H and O–H groups in total. The van der Waals surface area contributed by atoms with E-state index in [9.17, 15) is 19.2 Å². The number of benzene rings is 2. The Hall–Kier alpha value is -3.94. The number of rotatable bonds is 9. The van der Waals surface area contributed by atoms with E-state index in [4.69, 9.17) is 4.74 Å². The van der Waals surface area contributed by atoms with E-state index in [0.29, 0.717) is 23.1 Å².